The van der Waals surface area contributed by atoms with Gasteiger partial charge in [0.05, 0.1) is 11.1 Å². The van der Waals surface area contributed by atoms with Crippen LogP contribution in [0.5, 0.6) is 5.75 Å². The Morgan fingerprint density at radius 2 is 2.25 bits per heavy atom. The van der Waals surface area contributed by atoms with Gasteiger partial charge in [0.2, 0.25) is 0 Å². The summed E-state index contributed by atoms with van der Waals surface area (Å²) >= 11 is 6.97. The number of hydrogen-bond acceptors (Lipinski definition) is 5. The number of aromatic nitrogens is 1. The number of nitrogens with two attached hydrogens (primary N) is 1. The van der Waals surface area contributed by atoms with Gasteiger partial charge in [0.15, 0.2) is 16.6 Å². The molecule has 0 radical (unpaired) electrons. The second-order valence-electron chi connectivity index (χ2n) is 4.49. The van der Waals surface area contributed by atoms with Gasteiger partial charge in [-0.3, -0.25) is 0 Å². The van der Waals surface area contributed by atoms with Crippen LogP contribution in [0.3, 0.4) is 0 Å². The number of nitrogens with zero attached hydrogens (tertiary/aromatic N) is 1. The van der Waals surface area contributed by atoms with Crippen molar-refractivity contribution in [1.29, 1.82) is 0 Å². The average molecular weight is 316 g/mol. The lowest BCUT2D eigenvalue weighted by molar-refractivity contribution is 0.245. The van der Waals surface area contributed by atoms with Crippen LogP contribution in [0.25, 0.3) is 0 Å². The third-order valence-corrected chi connectivity index (χ3v) is 3.55. The van der Waals surface area contributed by atoms with Crippen LogP contribution in [0.1, 0.15) is 19.4 Å². The van der Waals surface area contributed by atoms with E-state index in [1.54, 1.807) is 12.1 Å². The van der Waals surface area contributed by atoms with Crippen LogP contribution in [0.2, 0.25) is 5.02 Å². The monoisotopic (exact) mass is 315 g/mol. The van der Waals surface area contributed by atoms with Crippen LogP contribution in [-0.4, -0.2) is 10.5 Å². The van der Waals surface area contributed by atoms with E-state index in [1.165, 1.54) is 17.6 Å². The zero-order valence-electron chi connectivity index (χ0n) is 11.1. The van der Waals surface area contributed by atoms with Crippen LogP contribution in [0.15, 0.2) is 18.2 Å². The molecule has 0 spiro atoms. The molecule has 0 unspecified atom stereocenters. The molecule has 2 rings (SSSR count). The quantitative estimate of drug-likeness (QED) is 0.878. The maximum absolute atomic E-state index is 13.1. The van der Waals surface area contributed by atoms with Gasteiger partial charge in [0.25, 0.3) is 0 Å². The Balaban J connectivity index is 2.08. The molecule has 0 aliphatic heterocycles. The molecule has 0 saturated heterocycles. The minimum absolute atomic E-state index is 0.00881. The summed E-state index contributed by atoms with van der Waals surface area (Å²) in [5.41, 5.74) is 6.63. The predicted molar refractivity (Wildman–Crippen MR) is 81.0 cm³/mol. The first kappa shape index (κ1) is 14.9. The van der Waals surface area contributed by atoms with Crippen molar-refractivity contribution in [3.63, 3.8) is 0 Å². The van der Waals surface area contributed by atoms with E-state index in [4.69, 9.17) is 22.1 Å². The fourth-order valence-corrected chi connectivity index (χ4v) is 2.44. The first-order valence-corrected chi connectivity index (χ1v) is 7.22. The maximum atomic E-state index is 13.1. The highest BCUT2D eigenvalue weighted by molar-refractivity contribution is 7.11. The molecular formula is C13H15ClFN3OS. The van der Waals surface area contributed by atoms with E-state index in [2.05, 4.69) is 9.69 Å². The van der Waals surface area contributed by atoms with Gasteiger partial charge in [-0.1, -0.05) is 17.7 Å². The molecule has 3 N–H and O–H groups in total. The summed E-state index contributed by atoms with van der Waals surface area (Å²) in [5.74, 6) is 0.489. The summed E-state index contributed by atoms with van der Waals surface area (Å²) in [5, 5.41) is 4.02. The number of rotatable bonds is 5. The standard InChI is InChI=1S/C13H15ClFN3OS/c1-7(2)19-11-12(16)18-20-13(11)17-6-8-3-4-10(15)9(14)5-8/h3-5,7,17H,6H2,1-2H3,(H2,16,18). The fourth-order valence-electron chi connectivity index (χ4n) is 1.59. The Labute approximate surface area is 125 Å². The lowest BCUT2D eigenvalue weighted by Crippen LogP contribution is -2.08. The number of ether oxygens (including phenoxy) is 1. The van der Waals surface area contributed by atoms with Crippen molar-refractivity contribution >= 4 is 34.0 Å². The van der Waals surface area contributed by atoms with E-state index in [0.29, 0.717) is 18.1 Å². The molecule has 2 aromatic rings. The zero-order valence-corrected chi connectivity index (χ0v) is 12.7. The summed E-state index contributed by atoms with van der Waals surface area (Å²) in [6.07, 6.45) is 0.00881. The van der Waals surface area contributed by atoms with Crippen molar-refractivity contribution in [2.24, 2.45) is 0 Å². The minimum atomic E-state index is -0.429. The Morgan fingerprint density at radius 1 is 1.50 bits per heavy atom. The fraction of sp³-hybridized carbons (Fsp3) is 0.308. The Hall–Kier alpha value is -1.53. The molecule has 1 heterocycles. The Bertz CT molecular complexity index is 603. The summed E-state index contributed by atoms with van der Waals surface area (Å²) in [6.45, 7) is 4.32. The van der Waals surface area contributed by atoms with Crippen molar-refractivity contribution in [3.8, 4) is 5.75 Å². The highest BCUT2D eigenvalue weighted by Gasteiger charge is 2.14. The zero-order chi connectivity index (χ0) is 14.7. The van der Waals surface area contributed by atoms with Gasteiger partial charge in [0, 0.05) is 6.54 Å². The summed E-state index contributed by atoms with van der Waals surface area (Å²) in [4.78, 5) is 0. The highest BCUT2D eigenvalue weighted by atomic mass is 35.5. The number of anilines is 2. The van der Waals surface area contributed by atoms with Crippen molar-refractivity contribution < 1.29 is 9.13 Å². The van der Waals surface area contributed by atoms with Crippen LogP contribution < -0.4 is 15.8 Å². The Morgan fingerprint density at radius 3 is 2.90 bits per heavy atom. The van der Waals surface area contributed by atoms with Crippen molar-refractivity contribution in [2.45, 2.75) is 26.5 Å². The third-order valence-electron chi connectivity index (χ3n) is 2.46. The summed E-state index contributed by atoms with van der Waals surface area (Å²) < 4.78 is 22.8. The molecule has 0 atom stereocenters. The van der Waals surface area contributed by atoms with Gasteiger partial charge in [-0.15, -0.1) is 0 Å². The second kappa shape index (κ2) is 6.28. The third kappa shape index (κ3) is 3.52. The molecular weight excluding hydrogens is 301 g/mol. The topological polar surface area (TPSA) is 60.2 Å². The average Bonchev–Trinajstić information content (AvgIpc) is 2.72. The van der Waals surface area contributed by atoms with E-state index >= 15 is 0 Å². The van der Waals surface area contributed by atoms with E-state index in [0.717, 1.165) is 10.6 Å². The predicted octanol–water partition coefficient (Wildman–Crippen LogP) is 3.92. The van der Waals surface area contributed by atoms with Crippen LogP contribution >= 0.6 is 23.1 Å². The lowest BCUT2D eigenvalue weighted by Gasteiger charge is -2.11. The number of halogens is 2. The van der Waals surface area contributed by atoms with E-state index in [9.17, 15) is 4.39 Å². The maximum Gasteiger partial charge on any atom is 0.197 e. The van der Waals surface area contributed by atoms with Crippen LogP contribution in [0.4, 0.5) is 15.2 Å². The first-order chi connectivity index (χ1) is 9.47. The molecule has 0 amide bonds. The normalized spacial score (nSPS) is 10.8. The molecule has 1 aromatic carbocycles. The first-order valence-electron chi connectivity index (χ1n) is 6.07. The molecule has 0 fully saturated rings. The second-order valence-corrected chi connectivity index (χ2v) is 5.68. The van der Waals surface area contributed by atoms with Crippen LogP contribution in [-0.2, 0) is 6.54 Å². The molecule has 7 heteroatoms. The van der Waals surface area contributed by atoms with Gasteiger partial charge >= 0.3 is 0 Å². The van der Waals surface area contributed by atoms with Crippen molar-refractivity contribution in [2.75, 3.05) is 11.1 Å². The van der Waals surface area contributed by atoms with E-state index in [1.807, 2.05) is 13.8 Å². The molecule has 4 nitrogen and oxygen atoms in total. The Kier molecular flexibility index (Phi) is 4.67. The van der Waals surface area contributed by atoms with Crippen molar-refractivity contribution in [3.05, 3.63) is 34.6 Å². The SMILES string of the molecule is CC(C)Oc1c(N)nsc1NCc1ccc(F)c(Cl)c1. The number of benzene rings is 1. The van der Waals surface area contributed by atoms with Gasteiger partial charge in [0.1, 0.15) is 5.82 Å². The van der Waals surface area contributed by atoms with E-state index in [-0.39, 0.29) is 11.1 Å². The largest absolute Gasteiger partial charge is 0.484 e. The molecule has 0 bridgehead atoms. The molecule has 1 aromatic heterocycles. The van der Waals surface area contributed by atoms with Crippen molar-refractivity contribution in [1.82, 2.24) is 4.37 Å². The van der Waals surface area contributed by atoms with Crippen LogP contribution in [0, 0.1) is 5.82 Å². The van der Waals surface area contributed by atoms with Gasteiger partial charge in [-0.25, -0.2) is 4.39 Å². The lowest BCUT2D eigenvalue weighted by atomic mass is 10.2. The molecule has 0 aliphatic carbocycles. The molecule has 0 aliphatic rings. The molecule has 0 saturated carbocycles. The highest BCUT2D eigenvalue weighted by Crippen LogP contribution is 2.36. The minimum Gasteiger partial charge on any atom is -0.484 e. The number of hydrogen-bond donors (Lipinski definition) is 2. The van der Waals surface area contributed by atoms with Gasteiger partial charge < -0.3 is 15.8 Å². The van der Waals surface area contributed by atoms with Gasteiger partial charge in [-0.05, 0) is 43.1 Å². The number of nitrogens with one attached hydrogen (secondary N) is 1. The van der Waals surface area contributed by atoms with Gasteiger partial charge in [-0.2, -0.15) is 4.37 Å². The summed E-state index contributed by atoms with van der Waals surface area (Å²) in [7, 11) is 0. The number of nitrogen functional groups attached to an aromatic ring is 1. The molecule has 108 valence electrons. The molecule has 20 heavy (non-hydrogen) atoms. The van der Waals surface area contributed by atoms with E-state index < -0.39 is 5.82 Å². The smallest absolute Gasteiger partial charge is 0.197 e. The summed E-state index contributed by atoms with van der Waals surface area (Å²) in [6, 6.07) is 4.59.